The number of pyridine rings is 1. The average molecular weight is 249 g/mol. The molecular formula is C14H13F2NO. The Morgan fingerprint density at radius 3 is 2.72 bits per heavy atom. The van der Waals surface area contributed by atoms with Crippen LogP contribution in [0.4, 0.5) is 8.78 Å². The first kappa shape index (κ1) is 12.6. The van der Waals surface area contributed by atoms with Gasteiger partial charge in [0, 0.05) is 24.4 Å². The van der Waals surface area contributed by atoms with Crippen molar-refractivity contribution in [2.45, 2.75) is 18.9 Å². The van der Waals surface area contributed by atoms with E-state index in [1.54, 1.807) is 25.3 Å². The lowest BCUT2D eigenvalue weighted by molar-refractivity contribution is 0.0563. The van der Waals surface area contributed by atoms with Crippen LogP contribution in [0.5, 0.6) is 0 Å². The molecule has 0 radical (unpaired) electrons. The highest BCUT2D eigenvalue weighted by molar-refractivity contribution is 5.25. The van der Waals surface area contributed by atoms with Gasteiger partial charge in [-0.3, -0.25) is 4.98 Å². The van der Waals surface area contributed by atoms with Gasteiger partial charge in [-0.2, -0.15) is 0 Å². The van der Waals surface area contributed by atoms with Gasteiger partial charge in [-0.15, -0.1) is 0 Å². The van der Waals surface area contributed by atoms with Gasteiger partial charge in [-0.1, -0.05) is 6.07 Å². The van der Waals surface area contributed by atoms with Gasteiger partial charge in [0.1, 0.15) is 11.6 Å². The van der Waals surface area contributed by atoms with E-state index in [1.165, 1.54) is 6.20 Å². The number of hydrogen-bond acceptors (Lipinski definition) is 2. The Morgan fingerprint density at radius 2 is 2.06 bits per heavy atom. The topological polar surface area (TPSA) is 33.1 Å². The maximum Gasteiger partial charge on any atom is 0.126 e. The normalized spacial score (nSPS) is 14.2. The van der Waals surface area contributed by atoms with Crippen molar-refractivity contribution >= 4 is 0 Å². The number of aliphatic hydroxyl groups is 1. The van der Waals surface area contributed by atoms with Gasteiger partial charge in [0.15, 0.2) is 0 Å². The summed E-state index contributed by atoms with van der Waals surface area (Å²) in [5.41, 5.74) is -0.583. The van der Waals surface area contributed by atoms with Crippen LogP contribution in [0.15, 0.2) is 42.7 Å². The summed E-state index contributed by atoms with van der Waals surface area (Å²) in [5, 5.41) is 10.3. The molecule has 18 heavy (non-hydrogen) atoms. The molecule has 1 atom stereocenters. The first-order chi connectivity index (χ1) is 8.49. The molecule has 1 aromatic heterocycles. The second-order valence-electron chi connectivity index (χ2n) is 4.43. The van der Waals surface area contributed by atoms with E-state index in [2.05, 4.69) is 4.98 Å². The standard InChI is InChI=1S/C14H13F2NO/c1-14(18,11-3-2-6-17-9-11)8-10-7-12(15)4-5-13(10)16/h2-7,9,18H,8H2,1H3. The molecule has 0 aliphatic rings. The first-order valence-corrected chi connectivity index (χ1v) is 5.56. The van der Waals surface area contributed by atoms with Crippen LogP contribution in [0.3, 0.4) is 0 Å². The van der Waals surface area contributed by atoms with E-state index in [0.717, 1.165) is 18.2 Å². The lowest BCUT2D eigenvalue weighted by Gasteiger charge is -2.23. The Balaban J connectivity index is 2.30. The summed E-state index contributed by atoms with van der Waals surface area (Å²) in [6.45, 7) is 1.55. The summed E-state index contributed by atoms with van der Waals surface area (Å²) in [7, 11) is 0. The molecule has 0 fully saturated rings. The number of halogens is 2. The average Bonchev–Trinajstić information content (AvgIpc) is 2.35. The molecule has 0 aliphatic heterocycles. The maximum absolute atomic E-state index is 13.5. The highest BCUT2D eigenvalue weighted by Gasteiger charge is 2.25. The minimum Gasteiger partial charge on any atom is -0.385 e. The summed E-state index contributed by atoms with van der Waals surface area (Å²) in [6, 6.07) is 6.59. The maximum atomic E-state index is 13.5. The molecule has 0 saturated heterocycles. The number of hydrogen-bond donors (Lipinski definition) is 1. The van der Waals surface area contributed by atoms with Crippen molar-refractivity contribution in [3.8, 4) is 0 Å². The Hall–Kier alpha value is -1.81. The van der Waals surface area contributed by atoms with Crippen LogP contribution in [-0.4, -0.2) is 10.1 Å². The fraction of sp³-hybridized carbons (Fsp3) is 0.214. The van der Waals surface area contributed by atoms with E-state index in [1.807, 2.05) is 0 Å². The molecule has 2 aromatic rings. The van der Waals surface area contributed by atoms with E-state index in [4.69, 9.17) is 0 Å². The SMILES string of the molecule is CC(O)(Cc1cc(F)ccc1F)c1cccnc1. The monoisotopic (exact) mass is 249 g/mol. The molecule has 0 spiro atoms. The zero-order valence-electron chi connectivity index (χ0n) is 9.90. The third-order valence-electron chi connectivity index (χ3n) is 2.83. The van der Waals surface area contributed by atoms with E-state index in [9.17, 15) is 13.9 Å². The summed E-state index contributed by atoms with van der Waals surface area (Å²) < 4.78 is 26.6. The third kappa shape index (κ3) is 2.71. The molecule has 1 heterocycles. The Bertz CT molecular complexity index is 541. The van der Waals surface area contributed by atoms with Crippen LogP contribution in [0, 0.1) is 11.6 Å². The molecule has 0 amide bonds. The zero-order chi connectivity index (χ0) is 13.2. The summed E-state index contributed by atoms with van der Waals surface area (Å²) >= 11 is 0. The summed E-state index contributed by atoms with van der Waals surface area (Å²) in [6.07, 6.45) is 3.09. The first-order valence-electron chi connectivity index (χ1n) is 5.56. The predicted octanol–water partition coefficient (Wildman–Crippen LogP) is 2.81. The highest BCUT2D eigenvalue weighted by Crippen LogP contribution is 2.26. The van der Waals surface area contributed by atoms with Crippen LogP contribution in [0.2, 0.25) is 0 Å². The largest absolute Gasteiger partial charge is 0.385 e. The fourth-order valence-corrected chi connectivity index (χ4v) is 1.83. The van der Waals surface area contributed by atoms with Gasteiger partial charge < -0.3 is 5.11 Å². The number of nitrogens with zero attached hydrogens (tertiary/aromatic N) is 1. The predicted molar refractivity (Wildman–Crippen MR) is 63.9 cm³/mol. The lowest BCUT2D eigenvalue weighted by atomic mass is 9.90. The van der Waals surface area contributed by atoms with Crippen LogP contribution in [0.25, 0.3) is 0 Å². The molecule has 1 N–H and O–H groups in total. The Kier molecular flexibility index (Phi) is 3.39. The molecule has 94 valence electrons. The second-order valence-corrected chi connectivity index (χ2v) is 4.43. The van der Waals surface area contributed by atoms with E-state index in [-0.39, 0.29) is 12.0 Å². The lowest BCUT2D eigenvalue weighted by Crippen LogP contribution is -2.25. The minimum atomic E-state index is -1.29. The zero-order valence-corrected chi connectivity index (χ0v) is 9.90. The summed E-state index contributed by atoms with van der Waals surface area (Å²) in [4.78, 5) is 3.90. The van der Waals surface area contributed by atoms with Gasteiger partial charge >= 0.3 is 0 Å². The molecule has 2 rings (SSSR count). The molecule has 2 nitrogen and oxygen atoms in total. The van der Waals surface area contributed by atoms with Gasteiger partial charge in [0.2, 0.25) is 0 Å². The van der Waals surface area contributed by atoms with Crippen LogP contribution >= 0.6 is 0 Å². The molecular weight excluding hydrogens is 236 g/mol. The van der Waals surface area contributed by atoms with Crippen molar-refractivity contribution < 1.29 is 13.9 Å². The minimum absolute atomic E-state index is 0.0116. The highest BCUT2D eigenvalue weighted by atomic mass is 19.1. The number of benzene rings is 1. The molecule has 1 aromatic carbocycles. The summed E-state index contributed by atoms with van der Waals surface area (Å²) in [5.74, 6) is -1.05. The van der Waals surface area contributed by atoms with Gasteiger partial charge in [-0.25, -0.2) is 8.78 Å². The van der Waals surface area contributed by atoms with Crippen molar-refractivity contribution in [1.29, 1.82) is 0 Å². The molecule has 4 heteroatoms. The van der Waals surface area contributed by atoms with E-state index in [0.29, 0.717) is 5.56 Å². The number of rotatable bonds is 3. The molecule has 0 bridgehead atoms. The van der Waals surface area contributed by atoms with Gasteiger partial charge in [-0.05, 0) is 36.8 Å². The molecule has 0 aliphatic carbocycles. The fourth-order valence-electron chi connectivity index (χ4n) is 1.83. The molecule has 0 saturated carbocycles. The van der Waals surface area contributed by atoms with Crippen LogP contribution < -0.4 is 0 Å². The van der Waals surface area contributed by atoms with Crippen molar-refractivity contribution in [1.82, 2.24) is 4.98 Å². The molecule has 1 unspecified atom stereocenters. The quantitative estimate of drug-likeness (QED) is 0.907. The van der Waals surface area contributed by atoms with E-state index < -0.39 is 17.2 Å². The Labute approximate surface area is 104 Å². The van der Waals surface area contributed by atoms with Crippen molar-refractivity contribution in [2.24, 2.45) is 0 Å². The number of aromatic nitrogens is 1. The van der Waals surface area contributed by atoms with Crippen molar-refractivity contribution in [3.63, 3.8) is 0 Å². The van der Waals surface area contributed by atoms with Crippen molar-refractivity contribution in [2.75, 3.05) is 0 Å². The Morgan fingerprint density at radius 1 is 1.28 bits per heavy atom. The van der Waals surface area contributed by atoms with Gasteiger partial charge in [0.05, 0.1) is 5.60 Å². The second kappa shape index (κ2) is 4.82. The smallest absolute Gasteiger partial charge is 0.126 e. The van der Waals surface area contributed by atoms with Gasteiger partial charge in [0.25, 0.3) is 0 Å². The third-order valence-corrected chi connectivity index (χ3v) is 2.83. The van der Waals surface area contributed by atoms with E-state index >= 15 is 0 Å². The van der Waals surface area contributed by atoms with Crippen molar-refractivity contribution in [3.05, 3.63) is 65.5 Å². The van der Waals surface area contributed by atoms with Crippen LogP contribution in [-0.2, 0) is 12.0 Å². The van der Waals surface area contributed by atoms with Crippen LogP contribution in [0.1, 0.15) is 18.1 Å².